The standard InChI is InChI=1S/C6H11NO/c7-6-3-1-4(6)5(8)2-3/h3-6,8H,1-2,7H2/t3-,4+,5-,6+/m1/s1. The molecule has 0 aromatic heterocycles. The van der Waals surface area contributed by atoms with Crippen LogP contribution in [-0.4, -0.2) is 17.3 Å². The van der Waals surface area contributed by atoms with Crippen molar-refractivity contribution >= 4 is 0 Å². The summed E-state index contributed by atoms with van der Waals surface area (Å²) in [6, 6.07) is 0.338. The number of rotatable bonds is 0. The molecule has 2 bridgehead atoms. The topological polar surface area (TPSA) is 46.2 Å². The van der Waals surface area contributed by atoms with Crippen LogP contribution in [0.3, 0.4) is 0 Å². The first kappa shape index (κ1) is 4.77. The summed E-state index contributed by atoms with van der Waals surface area (Å²) in [5, 5.41) is 9.13. The Labute approximate surface area is 48.7 Å². The van der Waals surface area contributed by atoms with E-state index in [1.54, 1.807) is 0 Å². The summed E-state index contributed by atoms with van der Waals surface area (Å²) in [7, 11) is 0. The normalized spacial score (nSPS) is 60.8. The first-order chi connectivity index (χ1) is 3.79. The quantitative estimate of drug-likeness (QED) is 0.453. The molecule has 46 valence electrons. The van der Waals surface area contributed by atoms with E-state index in [4.69, 9.17) is 10.8 Å². The molecule has 3 saturated carbocycles. The van der Waals surface area contributed by atoms with E-state index in [1.165, 1.54) is 6.42 Å². The van der Waals surface area contributed by atoms with Gasteiger partial charge in [-0.25, -0.2) is 0 Å². The van der Waals surface area contributed by atoms with Crippen molar-refractivity contribution in [3.63, 3.8) is 0 Å². The molecular formula is C6H11NO. The molecule has 8 heavy (non-hydrogen) atoms. The second-order valence-electron chi connectivity index (χ2n) is 3.04. The third-order valence-corrected chi connectivity index (χ3v) is 2.65. The Morgan fingerprint density at radius 1 is 1.38 bits per heavy atom. The van der Waals surface area contributed by atoms with Crippen molar-refractivity contribution in [2.45, 2.75) is 25.0 Å². The Morgan fingerprint density at radius 2 is 2.12 bits per heavy atom. The Morgan fingerprint density at radius 3 is 2.25 bits per heavy atom. The van der Waals surface area contributed by atoms with Gasteiger partial charge in [-0.05, 0) is 18.8 Å². The maximum atomic E-state index is 9.13. The number of fused-ring (bicyclic) bond motifs is 1. The van der Waals surface area contributed by atoms with E-state index in [0.717, 1.165) is 6.42 Å². The molecule has 3 aliphatic carbocycles. The highest BCUT2D eigenvalue weighted by Gasteiger charge is 2.50. The van der Waals surface area contributed by atoms with Crippen LogP contribution >= 0.6 is 0 Å². The summed E-state index contributed by atoms with van der Waals surface area (Å²) in [6.07, 6.45) is 2.09. The van der Waals surface area contributed by atoms with Crippen molar-refractivity contribution in [2.75, 3.05) is 0 Å². The third kappa shape index (κ3) is 0.361. The highest BCUT2D eigenvalue weighted by molar-refractivity contribution is 5.04. The van der Waals surface area contributed by atoms with Crippen LogP contribution in [0.4, 0.5) is 0 Å². The van der Waals surface area contributed by atoms with Gasteiger partial charge in [0.25, 0.3) is 0 Å². The zero-order valence-electron chi connectivity index (χ0n) is 4.75. The molecule has 0 aliphatic heterocycles. The highest BCUT2D eigenvalue weighted by atomic mass is 16.3. The lowest BCUT2D eigenvalue weighted by Crippen LogP contribution is -2.43. The molecule has 0 unspecified atom stereocenters. The van der Waals surface area contributed by atoms with Crippen LogP contribution in [0.2, 0.25) is 0 Å². The molecule has 2 nitrogen and oxygen atoms in total. The molecule has 0 aromatic carbocycles. The van der Waals surface area contributed by atoms with Gasteiger partial charge in [0.15, 0.2) is 0 Å². The van der Waals surface area contributed by atoms with Crippen LogP contribution in [0.25, 0.3) is 0 Å². The van der Waals surface area contributed by atoms with E-state index in [2.05, 4.69) is 0 Å². The molecule has 0 aromatic rings. The first-order valence-electron chi connectivity index (χ1n) is 3.22. The van der Waals surface area contributed by atoms with Gasteiger partial charge in [0.2, 0.25) is 0 Å². The van der Waals surface area contributed by atoms with Crippen molar-refractivity contribution in [2.24, 2.45) is 17.6 Å². The predicted octanol–water partition coefficient (Wildman–Crippen LogP) is -0.286. The zero-order valence-corrected chi connectivity index (χ0v) is 4.75. The van der Waals surface area contributed by atoms with Gasteiger partial charge in [-0.3, -0.25) is 0 Å². The van der Waals surface area contributed by atoms with Crippen LogP contribution in [0.15, 0.2) is 0 Å². The smallest absolute Gasteiger partial charge is 0.0586 e. The number of nitrogens with two attached hydrogens (primary N) is 1. The fourth-order valence-electron chi connectivity index (χ4n) is 1.97. The largest absolute Gasteiger partial charge is 0.393 e. The molecule has 3 rings (SSSR count). The molecule has 0 radical (unpaired) electrons. The molecule has 3 aliphatic rings. The Hall–Kier alpha value is -0.0800. The molecule has 2 heteroatoms. The minimum absolute atomic E-state index is 0.0602. The second kappa shape index (κ2) is 1.25. The molecule has 0 heterocycles. The van der Waals surface area contributed by atoms with Crippen molar-refractivity contribution in [1.82, 2.24) is 0 Å². The van der Waals surface area contributed by atoms with E-state index in [1.807, 2.05) is 0 Å². The van der Waals surface area contributed by atoms with Gasteiger partial charge >= 0.3 is 0 Å². The predicted molar refractivity (Wildman–Crippen MR) is 30.2 cm³/mol. The number of hydrogen-bond acceptors (Lipinski definition) is 2. The maximum Gasteiger partial charge on any atom is 0.0586 e. The van der Waals surface area contributed by atoms with E-state index < -0.39 is 0 Å². The Bertz CT molecular complexity index is 111. The molecule has 0 spiro atoms. The third-order valence-electron chi connectivity index (χ3n) is 2.65. The first-order valence-corrected chi connectivity index (χ1v) is 3.22. The summed E-state index contributed by atoms with van der Waals surface area (Å²) in [5.74, 6) is 1.12. The van der Waals surface area contributed by atoms with Crippen molar-refractivity contribution in [3.05, 3.63) is 0 Å². The highest BCUT2D eigenvalue weighted by Crippen LogP contribution is 2.47. The summed E-state index contributed by atoms with van der Waals surface area (Å²) >= 11 is 0. The SMILES string of the molecule is N[C@H]1[C@@H]2C[C@H]1[C@H](O)C2. The number of aliphatic hydroxyl groups is 1. The van der Waals surface area contributed by atoms with Gasteiger partial charge in [0.05, 0.1) is 6.10 Å². The van der Waals surface area contributed by atoms with E-state index in [9.17, 15) is 0 Å². The molecule has 3 N–H and O–H groups in total. The molecule has 0 saturated heterocycles. The minimum atomic E-state index is -0.0602. The lowest BCUT2D eigenvalue weighted by Gasteiger charge is -2.32. The fraction of sp³-hybridized carbons (Fsp3) is 1.00. The van der Waals surface area contributed by atoms with Crippen LogP contribution in [0, 0.1) is 11.8 Å². The van der Waals surface area contributed by atoms with Gasteiger partial charge in [-0.15, -0.1) is 0 Å². The Balaban J connectivity index is 2.13. The van der Waals surface area contributed by atoms with Gasteiger partial charge < -0.3 is 10.8 Å². The van der Waals surface area contributed by atoms with Crippen LogP contribution in [0.5, 0.6) is 0 Å². The zero-order chi connectivity index (χ0) is 5.72. The average Bonchev–Trinajstić information content (AvgIpc) is 2.19. The van der Waals surface area contributed by atoms with Crippen LogP contribution < -0.4 is 5.73 Å². The van der Waals surface area contributed by atoms with Gasteiger partial charge in [0.1, 0.15) is 0 Å². The minimum Gasteiger partial charge on any atom is -0.393 e. The van der Waals surface area contributed by atoms with E-state index in [0.29, 0.717) is 17.9 Å². The Kier molecular flexibility index (Phi) is 0.746. The van der Waals surface area contributed by atoms with Gasteiger partial charge in [-0.1, -0.05) is 0 Å². The van der Waals surface area contributed by atoms with Crippen molar-refractivity contribution in [3.8, 4) is 0 Å². The average molecular weight is 113 g/mol. The van der Waals surface area contributed by atoms with E-state index in [-0.39, 0.29) is 6.10 Å². The molecule has 4 atom stereocenters. The number of aliphatic hydroxyl groups excluding tert-OH is 1. The number of hydrogen-bond donors (Lipinski definition) is 2. The summed E-state index contributed by atoms with van der Waals surface area (Å²) in [4.78, 5) is 0. The summed E-state index contributed by atoms with van der Waals surface area (Å²) in [5.41, 5.74) is 5.66. The lowest BCUT2D eigenvalue weighted by atomic mass is 9.79. The summed E-state index contributed by atoms with van der Waals surface area (Å²) < 4.78 is 0. The summed E-state index contributed by atoms with van der Waals surface area (Å²) in [6.45, 7) is 0. The molecule has 3 fully saturated rings. The second-order valence-corrected chi connectivity index (χ2v) is 3.04. The van der Waals surface area contributed by atoms with Gasteiger partial charge in [0, 0.05) is 12.0 Å². The molecule has 0 amide bonds. The van der Waals surface area contributed by atoms with Crippen molar-refractivity contribution < 1.29 is 5.11 Å². The molecular weight excluding hydrogens is 102 g/mol. The maximum absolute atomic E-state index is 9.13. The van der Waals surface area contributed by atoms with Gasteiger partial charge in [-0.2, -0.15) is 0 Å². The van der Waals surface area contributed by atoms with Crippen molar-refractivity contribution in [1.29, 1.82) is 0 Å². The van der Waals surface area contributed by atoms with E-state index >= 15 is 0 Å². The monoisotopic (exact) mass is 113 g/mol. The lowest BCUT2D eigenvalue weighted by molar-refractivity contribution is 0.117. The fourth-order valence-corrected chi connectivity index (χ4v) is 1.97. The van der Waals surface area contributed by atoms with Crippen LogP contribution in [0.1, 0.15) is 12.8 Å². The van der Waals surface area contributed by atoms with Crippen LogP contribution in [-0.2, 0) is 0 Å².